The summed E-state index contributed by atoms with van der Waals surface area (Å²) in [5.41, 5.74) is 5.86. The fourth-order valence-corrected chi connectivity index (χ4v) is 6.96. The van der Waals surface area contributed by atoms with Crippen LogP contribution in [0.3, 0.4) is 0 Å². The molecule has 0 saturated heterocycles. The van der Waals surface area contributed by atoms with Crippen molar-refractivity contribution < 1.29 is 33.6 Å². The highest BCUT2D eigenvalue weighted by atomic mass is 35.5. The van der Waals surface area contributed by atoms with Gasteiger partial charge in [-0.1, -0.05) is 120 Å². The molecule has 0 aromatic heterocycles. The zero-order chi connectivity index (χ0) is 45.2. The molecule has 0 fully saturated rings. The highest BCUT2D eigenvalue weighted by Gasteiger charge is 2.22. The maximum Gasteiger partial charge on any atom is 0.407 e. The highest BCUT2D eigenvalue weighted by Crippen LogP contribution is 2.35. The van der Waals surface area contributed by atoms with E-state index in [0.717, 1.165) is 51.8 Å². The predicted octanol–water partition coefficient (Wildman–Crippen LogP) is 13.1. The first-order valence-corrected chi connectivity index (χ1v) is 21.2. The molecule has 1 amide bonds. The first-order chi connectivity index (χ1) is 28.1. The van der Waals surface area contributed by atoms with Gasteiger partial charge in [0.2, 0.25) is 0 Å². The molecular weight excluding hydrogens is 821 g/mol. The predicted molar refractivity (Wildman–Crippen MR) is 250 cm³/mol. The van der Waals surface area contributed by atoms with Crippen LogP contribution in [0.5, 0.6) is 5.75 Å². The van der Waals surface area contributed by atoms with Crippen molar-refractivity contribution in [3.8, 4) is 5.75 Å². The van der Waals surface area contributed by atoms with Crippen LogP contribution in [0.4, 0.5) is 4.79 Å². The van der Waals surface area contributed by atoms with E-state index in [1.54, 1.807) is 14.2 Å². The van der Waals surface area contributed by atoms with Gasteiger partial charge >= 0.3 is 12.1 Å². The van der Waals surface area contributed by atoms with Crippen molar-refractivity contribution in [1.29, 1.82) is 0 Å². The number of carbonyl (C=O) groups is 2. The topological polar surface area (TPSA) is 103 Å². The third kappa shape index (κ3) is 18.8. The van der Waals surface area contributed by atoms with Crippen molar-refractivity contribution in [3.05, 3.63) is 139 Å². The van der Waals surface area contributed by atoms with Crippen molar-refractivity contribution in [2.75, 3.05) is 20.8 Å². The van der Waals surface area contributed by atoms with Crippen LogP contribution in [0, 0.1) is 19.8 Å². The number of rotatable bonds is 20. The Hall–Kier alpha value is -3.89. The maximum absolute atomic E-state index is 13.3. The fourth-order valence-electron chi connectivity index (χ4n) is 5.99. The molecule has 0 spiro atoms. The second-order valence-electron chi connectivity index (χ2n) is 16.0. The van der Waals surface area contributed by atoms with Crippen LogP contribution in [0.1, 0.15) is 102 Å². The summed E-state index contributed by atoms with van der Waals surface area (Å²) < 4.78 is 22.7. The smallest absolute Gasteiger partial charge is 0.407 e. The molecular formula is C49H64Cl3NO7. The van der Waals surface area contributed by atoms with Crippen molar-refractivity contribution in [3.63, 3.8) is 0 Å². The first kappa shape index (κ1) is 52.2. The zero-order valence-corrected chi connectivity index (χ0v) is 39.5. The first-order valence-electron chi connectivity index (χ1n) is 20.0. The van der Waals surface area contributed by atoms with Crippen LogP contribution < -0.4 is 10.1 Å². The standard InChI is InChI=1S/C49H64Cl3NO7/c1-31(17-15-21-39(57-11)20-14-13-19-34(4)45(54)35(5)24-23-32(2)30-53-48(56)60-49(8,9)10)18-16-22-40(58-12)27-36(6)41-26-33(3)25-37(7)46(41)59-47(55)44-42(51)28-38(50)29-43(44)52/h13-14,16-20,23-29,34,39-40,45,54H,15,21-22,30H2,1-12H3,(H,53,56)/b18-16+,19-13+,20-14+,31-17-,32-23+,35-24+,36-27+/t34-,39+,40-,45-/m0/s1. The Bertz CT molecular complexity index is 1960. The van der Waals surface area contributed by atoms with Crippen LogP contribution in [0.25, 0.3) is 5.57 Å². The number of aliphatic hydroxyl groups is 1. The third-order valence-electron chi connectivity index (χ3n) is 9.31. The van der Waals surface area contributed by atoms with Gasteiger partial charge in [0, 0.05) is 37.3 Å². The van der Waals surface area contributed by atoms with Gasteiger partial charge < -0.3 is 29.4 Å². The lowest BCUT2D eigenvalue weighted by Gasteiger charge is -2.19. The van der Waals surface area contributed by atoms with E-state index in [-0.39, 0.29) is 33.7 Å². The molecule has 0 aliphatic rings. The summed E-state index contributed by atoms with van der Waals surface area (Å²) in [6.45, 7) is 19.5. The number of benzene rings is 2. The number of halogens is 3. The molecule has 60 heavy (non-hydrogen) atoms. The number of amides is 1. The fraction of sp³-hybridized carbons (Fsp3) is 0.429. The Labute approximate surface area is 373 Å². The average molecular weight is 885 g/mol. The van der Waals surface area contributed by atoms with Gasteiger partial charge in [0.25, 0.3) is 0 Å². The van der Waals surface area contributed by atoms with E-state index >= 15 is 0 Å². The minimum Gasteiger partial charge on any atom is -0.444 e. The summed E-state index contributed by atoms with van der Waals surface area (Å²) in [6, 6.07) is 6.84. The molecule has 2 aromatic carbocycles. The number of hydrogen-bond acceptors (Lipinski definition) is 7. The number of aryl methyl sites for hydroxylation is 2. The number of alkyl carbamates (subject to hydrolysis) is 1. The van der Waals surface area contributed by atoms with Gasteiger partial charge in [0.15, 0.2) is 0 Å². The van der Waals surface area contributed by atoms with Gasteiger partial charge in [-0.2, -0.15) is 0 Å². The molecule has 0 unspecified atom stereocenters. The van der Waals surface area contributed by atoms with E-state index in [1.165, 1.54) is 12.1 Å². The molecule has 0 saturated carbocycles. The summed E-state index contributed by atoms with van der Waals surface area (Å²) in [5, 5.41) is 14.1. The lowest BCUT2D eigenvalue weighted by atomic mass is 9.97. The maximum atomic E-state index is 13.3. The Morgan fingerprint density at radius 2 is 1.53 bits per heavy atom. The molecule has 8 nitrogen and oxygen atoms in total. The summed E-state index contributed by atoms with van der Waals surface area (Å²) in [4.78, 5) is 25.2. The number of ether oxygens (including phenoxy) is 4. The van der Waals surface area contributed by atoms with Crippen molar-refractivity contribution in [1.82, 2.24) is 5.32 Å². The minimum atomic E-state index is -0.671. The molecule has 328 valence electrons. The quantitative estimate of drug-likeness (QED) is 0.0775. The Morgan fingerprint density at radius 3 is 2.15 bits per heavy atom. The molecule has 4 atom stereocenters. The van der Waals surface area contributed by atoms with E-state index in [0.29, 0.717) is 23.7 Å². The Morgan fingerprint density at radius 1 is 0.900 bits per heavy atom. The SMILES string of the molecule is CO[C@H](/C=C(\C)c1cc(C)cc(C)c1OC(=O)c1c(Cl)cc(Cl)cc1Cl)C/C=C/C(C)=C\CC[C@@H](/C=C/C=C/[C@H](C)[C@H](O)/C(C)=C/C=C(\C)CNC(=O)OC(C)(C)C)OC. The van der Waals surface area contributed by atoms with Crippen molar-refractivity contribution in [2.24, 2.45) is 5.92 Å². The molecule has 0 radical (unpaired) electrons. The number of carbonyl (C=O) groups excluding carboxylic acids is 2. The number of esters is 1. The molecule has 2 rings (SSSR count). The van der Waals surface area contributed by atoms with E-state index in [9.17, 15) is 14.7 Å². The Balaban J connectivity index is 1.96. The lowest BCUT2D eigenvalue weighted by Crippen LogP contribution is -2.33. The van der Waals surface area contributed by atoms with Gasteiger partial charge in [0.05, 0.1) is 33.9 Å². The molecule has 0 heterocycles. The second-order valence-corrected chi connectivity index (χ2v) is 17.3. The number of aliphatic hydroxyl groups excluding tert-OH is 1. The summed E-state index contributed by atoms with van der Waals surface area (Å²) in [7, 11) is 3.37. The van der Waals surface area contributed by atoms with Crippen LogP contribution in [-0.4, -0.2) is 61.8 Å². The molecule has 0 bridgehead atoms. The van der Waals surface area contributed by atoms with Crippen LogP contribution in [0.15, 0.2) is 102 Å². The van der Waals surface area contributed by atoms with E-state index in [1.807, 2.05) is 117 Å². The zero-order valence-electron chi connectivity index (χ0n) is 37.3. The summed E-state index contributed by atoms with van der Waals surface area (Å²) in [5.74, 6) is -0.356. The lowest BCUT2D eigenvalue weighted by molar-refractivity contribution is 0.0532. The molecule has 2 N–H and O–H groups in total. The number of allylic oxidation sites excluding steroid dienone is 8. The molecule has 0 aliphatic heterocycles. The van der Waals surface area contributed by atoms with Gasteiger partial charge in [-0.15, -0.1) is 0 Å². The van der Waals surface area contributed by atoms with E-state index in [2.05, 4.69) is 30.5 Å². The third-order valence-corrected chi connectivity index (χ3v) is 10.1. The van der Waals surface area contributed by atoms with Crippen LogP contribution >= 0.6 is 34.8 Å². The number of nitrogens with one attached hydrogen (secondary N) is 1. The summed E-state index contributed by atoms with van der Waals surface area (Å²) >= 11 is 18.7. The second kappa shape index (κ2) is 25.8. The van der Waals surface area contributed by atoms with Gasteiger partial charge in [-0.05, 0) is 122 Å². The van der Waals surface area contributed by atoms with Gasteiger partial charge in [-0.3, -0.25) is 0 Å². The van der Waals surface area contributed by atoms with Gasteiger partial charge in [-0.25, -0.2) is 9.59 Å². The normalized spacial score (nSPS) is 15.5. The average Bonchev–Trinajstić information content (AvgIpc) is 3.15. The van der Waals surface area contributed by atoms with E-state index in [4.69, 9.17) is 53.8 Å². The molecule has 2 aromatic rings. The Kier molecular flexibility index (Phi) is 22.5. The number of methoxy groups -OCH3 is 2. The van der Waals surface area contributed by atoms with Gasteiger partial charge in [0.1, 0.15) is 11.4 Å². The monoisotopic (exact) mass is 883 g/mol. The number of hydrogen-bond donors (Lipinski definition) is 2. The molecule has 11 heteroatoms. The highest BCUT2D eigenvalue weighted by molar-refractivity contribution is 6.42. The van der Waals surface area contributed by atoms with Crippen LogP contribution in [-0.2, 0) is 14.2 Å². The largest absolute Gasteiger partial charge is 0.444 e. The van der Waals surface area contributed by atoms with E-state index < -0.39 is 23.8 Å². The summed E-state index contributed by atoms with van der Waals surface area (Å²) in [6.07, 6.45) is 20.9. The van der Waals surface area contributed by atoms with Crippen molar-refractivity contribution in [2.45, 2.75) is 112 Å². The minimum absolute atomic E-state index is 0.0526. The van der Waals surface area contributed by atoms with Crippen molar-refractivity contribution >= 4 is 52.4 Å². The van der Waals surface area contributed by atoms with Crippen LogP contribution in [0.2, 0.25) is 15.1 Å². The molecule has 0 aliphatic carbocycles.